The number of nitrogens with one attached hydrogen (secondary N) is 1. The van der Waals surface area contributed by atoms with Gasteiger partial charge >= 0.3 is 0 Å². The van der Waals surface area contributed by atoms with E-state index in [1.54, 1.807) is 37.6 Å². The molecule has 0 aromatic heterocycles. The number of fused-ring (bicyclic) bond motifs is 1. The van der Waals surface area contributed by atoms with Crippen molar-refractivity contribution in [3.63, 3.8) is 0 Å². The van der Waals surface area contributed by atoms with Crippen LogP contribution in [0.2, 0.25) is 0 Å². The van der Waals surface area contributed by atoms with Crippen LogP contribution in [0, 0.1) is 6.92 Å². The van der Waals surface area contributed by atoms with E-state index in [4.69, 9.17) is 4.74 Å². The number of nitrogens with zero attached hydrogens (tertiary/aromatic N) is 2. The zero-order valence-corrected chi connectivity index (χ0v) is 17.5. The highest BCUT2D eigenvalue weighted by atomic mass is 16.5. The lowest BCUT2D eigenvalue weighted by molar-refractivity contribution is 0.0955. The first-order valence-electron chi connectivity index (χ1n) is 9.59. The number of methoxy groups -OCH3 is 1. The Labute approximate surface area is 167 Å². The molecule has 0 radical (unpaired) electrons. The van der Waals surface area contributed by atoms with Crippen LogP contribution in [-0.2, 0) is 0 Å². The molecule has 2 aromatic rings. The van der Waals surface area contributed by atoms with Crippen LogP contribution in [0.4, 0.5) is 5.69 Å². The van der Waals surface area contributed by atoms with Crippen molar-refractivity contribution < 1.29 is 9.53 Å². The van der Waals surface area contributed by atoms with Gasteiger partial charge in [-0.1, -0.05) is 6.92 Å². The van der Waals surface area contributed by atoms with Gasteiger partial charge in [0.25, 0.3) is 5.91 Å². The van der Waals surface area contributed by atoms with Crippen molar-refractivity contribution in [3.8, 4) is 5.75 Å². The maximum atomic E-state index is 12.2. The van der Waals surface area contributed by atoms with E-state index in [0.717, 1.165) is 17.5 Å². The Morgan fingerprint density at radius 1 is 1.29 bits per heavy atom. The molecular weight excluding hydrogens is 350 g/mol. The van der Waals surface area contributed by atoms with Crippen LogP contribution in [-0.4, -0.2) is 31.8 Å². The van der Waals surface area contributed by atoms with Gasteiger partial charge in [0.2, 0.25) is 0 Å². The Morgan fingerprint density at radius 2 is 1.96 bits per heavy atom. The second kappa shape index (κ2) is 7.66. The molecule has 1 heterocycles. The van der Waals surface area contributed by atoms with Crippen LogP contribution in [0.5, 0.6) is 5.75 Å². The molecule has 5 nitrogen and oxygen atoms in total. The van der Waals surface area contributed by atoms with Crippen molar-refractivity contribution in [2.45, 2.75) is 45.6 Å². The highest BCUT2D eigenvalue weighted by molar-refractivity contribution is 5.95. The number of hydrogen-bond donors (Lipinski definition) is 1. The van der Waals surface area contributed by atoms with Crippen molar-refractivity contribution in [2.24, 2.45) is 5.10 Å². The zero-order valence-electron chi connectivity index (χ0n) is 17.5. The van der Waals surface area contributed by atoms with Gasteiger partial charge in [-0.3, -0.25) is 4.79 Å². The van der Waals surface area contributed by atoms with Gasteiger partial charge in [0.05, 0.1) is 13.3 Å². The Bertz CT molecular complexity index is 901. The third kappa shape index (κ3) is 3.88. The van der Waals surface area contributed by atoms with Gasteiger partial charge in [0.15, 0.2) is 0 Å². The molecule has 0 fully saturated rings. The van der Waals surface area contributed by atoms with E-state index in [1.165, 1.54) is 11.3 Å². The van der Waals surface area contributed by atoms with Gasteiger partial charge in [0.1, 0.15) is 5.75 Å². The number of rotatable bonds is 4. The van der Waals surface area contributed by atoms with E-state index in [9.17, 15) is 4.79 Å². The molecule has 0 spiro atoms. The lowest BCUT2D eigenvalue weighted by atomic mass is 9.79. The second-order valence-electron chi connectivity index (χ2n) is 8.17. The van der Waals surface area contributed by atoms with Gasteiger partial charge < -0.3 is 9.64 Å². The Balaban J connectivity index is 1.77. The number of carbonyl (C=O) groups excluding carboxylic acids is 1. The summed E-state index contributed by atoms with van der Waals surface area (Å²) < 4.78 is 5.11. The molecule has 1 N–H and O–H groups in total. The second-order valence-corrected chi connectivity index (χ2v) is 8.17. The molecule has 1 amide bonds. The zero-order chi connectivity index (χ0) is 20.5. The molecule has 1 aliphatic rings. The van der Waals surface area contributed by atoms with E-state index in [0.29, 0.717) is 17.2 Å². The van der Waals surface area contributed by atoms with Crippen LogP contribution in [0.3, 0.4) is 0 Å². The molecular formula is C23H29N3O2. The molecule has 148 valence electrons. The standard InChI is InChI=1S/C23H29N3O2/c1-15-11-21-20(16(2)13-23(3,4)26(21)5)12-18(15)14-24-25-22(27)17-7-9-19(28-6)10-8-17/h7-12,14,16H,13H2,1-6H3,(H,25,27)/b24-14-/t16-/m0/s1. The fourth-order valence-electron chi connectivity index (χ4n) is 3.84. The van der Waals surface area contributed by atoms with Crippen LogP contribution < -0.4 is 15.1 Å². The number of hydrazone groups is 1. The smallest absolute Gasteiger partial charge is 0.271 e. The third-order valence-corrected chi connectivity index (χ3v) is 5.74. The molecule has 1 aliphatic heterocycles. The minimum Gasteiger partial charge on any atom is -0.497 e. The highest BCUT2D eigenvalue weighted by Gasteiger charge is 2.34. The minimum atomic E-state index is -0.246. The molecule has 1 atom stereocenters. The minimum absolute atomic E-state index is 0.140. The summed E-state index contributed by atoms with van der Waals surface area (Å²) in [6.07, 6.45) is 2.83. The summed E-state index contributed by atoms with van der Waals surface area (Å²) in [5.41, 5.74) is 8.05. The number of anilines is 1. The normalized spacial score (nSPS) is 18.1. The van der Waals surface area contributed by atoms with Gasteiger partial charge in [-0.25, -0.2) is 5.43 Å². The fourth-order valence-corrected chi connectivity index (χ4v) is 3.84. The summed E-state index contributed by atoms with van der Waals surface area (Å²) in [5.74, 6) is 0.944. The topological polar surface area (TPSA) is 53.9 Å². The lowest BCUT2D eigenvalue weighted by Crippen LogP contribution is -2.45. The van der Waals surface area contributed by atoms with Crippen LogP contribution >= 0.6 is 0 Å². The predicted octanol–water partition coefficient (Wildman–Crippen LogP) is 4.49. The van der Waals surface area contributed by atoms with Crippen LogP contribution in [0.15, 0.2) is 41.5 Å². The Kier molecular flexibility index (Phi) is 5.45. The van der Waals surface area contributed by atoms with Gasteiger partial charge in [-0.2, -0.15) is 5.10 Å². The molecule has 3 rings (SSSR count). The average Bonchev–Trinajstić information content (AvgIpc) is 2.66. The van der Waals surface area contributed by atoms with Crippen molar-refractivity contribution in [1.82, 2.24) is 5.43 Å². The largest absolute Gasteiger partial charge is 0.497 e. The van der Waals surface area contributed by atoms with Gasteiger partial charge in [-0.05, 0) is 86.2 Å². The fraction of sp³-hybridized carbons (Fsp3) is 0.391. The molecule has 28 heavy (non-hydrogen) atoms. The van der Waals surface area contributed by atoms with E-state index >= 15 is 0 Å². The van der Waals surface area contributed by atoms with Crippen LogP contribution in [0.25, 0.3) is 0 Å². The number of aryl methyl sites for hydroxylation is 1. The van der Waals surface area contributed by atoms with E-state index < -0.39 is 0 Å². The van der Waals surface area contributed by atoms with Crippen molar-refractivity contribution in [2.75, 3.05) is 19.1 Å². The third-order valence-electron chi connectivity index (χ3n) is 5.74. The Hall–Kier alpha value is -2.82. The summed E-state index contributed by atoms with van der Waals surface area (Å²) in [6, 6.07) is 11.4. The monoisotopic (exact) mass is 379 g/mol. The van der Waals surface area contributed by atoms with E-state index in [-0.39, 0.29) is 11.4 Å². The summed E-state index contributed by atoms with van der Waals surface area (Å²) in [5, 5.41) is 4.17. The number of ether oxygens (including phenoxy) is 1. The summed E-state index contributed by atoms with van der Waals surface area (Å²) in [4.78, 5) is 14.6. The number of benzene rings is 2. The predicted molar refractivity (Wildman–Crippen MR) is 115 cm³/mol. The van der Waals surface area contributed by atoms with Gasteiger partial charge in [0, 0.05) is 23.8 Å². The van der Waals surface area contributed by atoms with Crippen molar-refractivity contribution in [1.29, 1.82) is 0 Å². The maximum absolute atomic E-state index is 12.2. The first-order chi connectivity index (χ1) is 13.2. The average molecular weight is 380 g/mol. The number of amides is 1. The first kappa shape index (κ1) is 19.9. The summed E-state index contributed by atoms with van der Waals surface area (Å²) in [6.45, 7) is 8.92. The molecule has 0 aliphatic carbocycles. The lowest BCUT2D eigenvalue weighted by Gasteiger charge is -2.45. The quantitative estimate of drug-likeness (QED) is 0.629. The Morgan fingerprint density at radius 3 is 2.61 bits per heavy atom. The van der Waals surface area contributed by atoms with Gasteiger partial charge in [-0.15, -0.1) is 0 Å². The summed E-state index contributed by atoms with van der Waals surface area (Å²) >= 11 is 0. The molecule has 2 aromatic carbocycles. The van der Waals surface area contributed by atoms with Crippen molar-refractivity contribution >= 4 is 17.8 Å². The maximum Gasteiger partial charge on any atom is 0.271 e. The molecule has 0 saturated carbocycles. The van der Waals surface area contributed by atoms with E-state index in [2.05, 4.69) is 62.3 Å². The molecule has 0 unspecified atom stereocenters. The van der Waals surface area contributed by atoms with Crippen LogP contribution in [0.1, 0.15) is 60.2 Å². The highest BCUT2D eigenvalue weighted by Crippen LogP contribution is 2.43. The SMILES string of the molecule is COc1ccc(C(=O)N/N=C\c2cc3c(cc2C)N(C)C(C)(C)C[C@@H]3C)cc1. The molecule has 0 bridgehead atoms. The first-order valence-corrected chi connectivity index (χ1v) is 9.59. The van der Waals surface area contributed by atoms with E-state index in [1.807, 2.05) is 0 Å². The number of hydrogen-bond acceptors (Lipinski definition) is 4. The molecule has 5 heteroatoms. The summed E-state index contributed by atoms with van der Waals surface area (Å²) in [7, 11) is 3.76. The number of carbonyl (C=O) groups is 1. The van der Waals surface area contributed by atoms with Crippen molar-refractivity contribution in [3.05, 3.63) is 58.7 Å². The molecule has 0 saturated heterocycles.